The van der Waals surface area contributed by atoms with Crippen LogP contribution in [0.2, 0.25) is 5.02 Å². The van der Waals surface area contributed by atoms with Crippen LogP contribution in [-0.4, -0.2) is 23.4 Å². The van der Waals surface area contributed by atoms with Gasteiger partial charge in [0.25, 0.3) is 0 Å². The van der Waals surface area contributed by atoms with Gasteiger partial charge in [-0.15, -0.1) is 11.8 Å². The summed E-state index contributed by atoms with van der Waals surface area (Å²) in [6.45, 7) is -0.0126. The van der Waals surface area contributed by atoms with Gasteiger partial charge < -0.3 is 5.11 Å². The van der Waals surface area contributed by atoms with E-state index in [1.165, 1.54) is 4.90 Å². The third-order valence-electron chi connectivity index (χ3n) is 2.51. The predicted octanol–water partition coefficient (Wildman–Crippen LogP) is 2.55. The lowest BCUT2D eigenvalue weighted by Crippen LogP contribution is -2.29. The number of carboxylic acid groups (broad SMARTS) is 1. The Bertz CT molecular complexity index is 411. The maximum Gasteiger partial charge on any atom is 0.317 e. The van der Waals surface area contributed by atoms with Gasteiger partial charge in [0.15, 0.2) is 0 Å². The summed E-state index contributed by atoms with van der Waals surface area (Å²) in [6.07, 6.45) is 0.936. The quantitative estimate of drug-likeness (QED) is 0.874. The van der Waals surface area contributed by atoms with E-state index in [1.807, 2.05) is 18.2 Å². The average molecular weight is 258 g/mol. The Hall–Kier alpha value is -0.710. The van der Waals surface area contributed by atoms with Gasteiger partial charge in [0.2, 0.25) is 0 Å². The molecule has 0 bridgehead atoms. The molecule has 0 radical (unpaired) electrons. The standard InChI is InChI=1S/C11H12ClNO2S/c12-7-1-2-10-8(5-7)9(3-4-16-10)13-6-11(14)15/h1-2,5,9,13H,3-4,6H2,(H,14,15). The van der Waals surface area contributed by atoms with E-state index in [0.29, 0.717) is 5.02 Å². The summed E-state index contributed by atoms with van der Waals surface area (Å²) in [6, 6.07) is 5.89. The van der Waals surface area contributed by atoms with Crippen LogP contribution < -0.4 is 5.32 Å². The van der Waals surface area contributed by atoms with Crippen LogP contribution in [0, 0.1) is 0 Å². The molecule has 1 aromatic rings. The molecule has 2 N–H and O–H groups in total. The predicted molar refractivity (Wildman–Crippen MR) is 65.2 cm³/mol. The van der Waals surface area contributed by atoms with Crippen molar-refractivity contribution in [3.05, 3.63) is 28.8 Å². The van der Waals surface area contributed by atoms with Gasteiger partial charge in [-0.05, 0) is 35.9 Å². The van der Waals surface area contributed by atoms with E-state index in [4.69, 9.17) is 16.7 Å². The Kier molecular flexibility index (Phi) is 3.74. The summed E-state index contributed by atoms with van der Waals surface area (Å²) < 4.78 is 0. The van der Waals surface area contributed by atoms with Crippen LogP contribution >= 0.6 is 23.4 Å². The Morgan fingerprint density at radius 1 is 1.62 bits per heavy atom. The molecule has 0 saturated carbocycles. The van der Waals surface area contributed by atoms with Crippen molar-refractivity contribution < 1.29 is 9.90 Å². The third kappa shape index (κ3) is 2.70. The Labute approximate surface area is 103 Å². The average Bonchev–Trinajstić information content (AvgIpc) is 2.26. The van der Waals surface area contributed by atoms with Crippen LogP contribution in [0.1, 0.15) is 18.0 Å². The van der Waals surface area contributed by atoms with E-state index in [9.17, 15) is 4.79 Å². The first-order valence-corrected chi connectivity index (χ1v) is 6.40. The number of rotatable bonds is 3. The highest BCUT2D eigenvalue weighted by molar-refractivity contribution is 7.99. The monoisotopic (exact) mass is 257 g/mol. The van der Waals surface area contributed by atoms with Crippen molar-refractivity contribution in [2.75, 3.05) is 12.3 Å². The topological polar surface area (TPSA) is 49.3 Å². The minimum absolute atomic E-state index is 0.0126. The van der Waals surface area contributed by atoms with Crippen molar-refractivity contribution in [1.82, 2.24) is 5.32 Å². The van der Waals surface area contributed by atoms with Gasteiger partial charge in [-0.3, -0.25) is 10.1 Å². The van der Waals surface area contributed by atoms with Gasteiger partial charge >= 0.3 is 5.97 Å². The highest BCUT2D eigenvalue weighted by Crippen LogP contribution is 2.37. The molecule has 0 spiro atoms. The second-order valence-electron chi connectivity index (χ2n) is 3.65. The molecule has 0 aromatic heterocycles. The fourth-order valence-corrected chi connectivity index (χ4v) is 3.07. The van der Waals surface area contributed by atoms with E-state index >= 15 is 0 Å². The second kappa shape index (κ2) is 5.08. The summed E-state index contributed by atoms with van der Waals surface area (Å²) >= 11 is 7.74. The molecule has 0 amide bonds. The zero-order chi connectivity index (χ0) is 11.5. The molecular weight excluding hydrogens is 246 g/mol. The van der Waals surface area contributed by atoms with Gasteiger partial charge in [-0.2, -0.15) is 0 Å². The zero-order valence-electron chi connectivity index (χ0n) is 8.57. The van der Waals surface area contributed by atoms with E-state index in [1.54, 1.807) is 11.8 Å². The van der Waals surface area contributed by atoms with Crippen LogP contribution in [0.5, 0.6) is 0 Å². The van der Waals surface area contributed by atoms with E-state index in [0.717, 1.165) is 17.7 Å². The molecule has 0 saturated heterocycles. The molecule has 1 aliphatic heterocycles. The van der Waals surface area contributed by atoms with Crippen molar-refractivity contribution in [2.24, 2.45) is 0 Å². The highest BCUT2D eigenvalue weighted by Gasteiger charge is 2.20. The minimum atomic E-state index is -0.832. The Morgan fingerprint density at radius 2 is 2.44 bits per heavy atom. The number of nitrogens with one attached hydrogen (secondary N) is 1. The maximum atomic E-state index is 10.5. The normalized spacial score (nSPS) is 19.2. The summed E-state index contributed by atoms with van der Waals surface area (Å²) in [4.78, 5) is 11.7. The van der Waals surface area contributed by atoms with Crippen molar-refractivity contribution in [3.8, 4) is 0 Å². The smallest absolute Gasteiger partial charge is 0.317 e. The lowest BCUT2D eigenvalue weighted by atomic mass is 10.0. The van der Waals surface area contributed by atoms with Gasteiger partial charge in [0, 0.05) is 16.0 Å². The van der Waals surface area contributed by atoms with E-state index < -0.39 is 5.97 Å². The first kappa shape index (κ1) is 11.8. The van der Waals surface area contributed by atoms with E-state index in [2.05, 4.69) is 5.32 Å². The SMILES string of the molecule is O=C(O)CNC1CCSc2ccc(Cl)cc21. The van der Waals surface area contributed by atoms with E-state index in [-0.39, 0.29) is 12.6 Å². The number of hydrogen-bond donors (Lipinski definition) is 2. The van der Waals surface area contributed by atoms with Crippen LogP contribution in [-0.2, 0) is 4.79 Å². The fourth-order valence-electron chi connectivity index (χ4n) is 1.79. The molecule has 1 atom stereocenters. The van der Waals surface area contributed by atoms with Gasteiger partial charge in [0.05, 0.1) is 6.54 Å². The number of benzene rings is 1. The molecule has 16 heavy (non-hydrogen) atoms. The summed E-state index contributed by atoms with van der Waals surface area (Å²) in [7, 11) is 0. The molecule has 5 heteroatoms. The number of aliphatic carboxylic acids is 1. The molecule has 1 unspecified atom stereocenters. The summed E-state index contributed by atoms with van der Waals surface area (Å²) in [5.74, 6) is 0.174. The Morgan fingerprint density at radius 3 is 3.19 bits per heavy atom. The number of halogens is 1. The van der Waals surface area contributed by atoms with Gasteiger partial charge in [0.1, 0.15) is 0 Å². The number of hydrogen-bond acceptors (Lipinski definition) is 3. The van der Waals surface area contributed by atoms with Crippen molar-refractivity contribution >= 4 is 29.3 Å². The molecule has 3 nitrogen and oxygen atoms in total. The van der Waals surface area contributed by atoms with Crippen LogP contribution in [0.15, 0.2) is 23.1 Å². The fraction of sp³-hybridized carbons (Fsp3) is 0.364. The maximum absolute atomic E-state index is 10.5. The number of carbonyl (C=O) groups is 1. The van der Waals surface area contributed by atoms with Crippen molar-refractivity contribution in [1.29, 1.82) is 0 Å². The van der Waals surface area contributed by atoms with Crippen LogP contribution in [0.25, 0.3) is 0 Å². The largest absolute Gasteiger partial charge is 0.480 e. The molecule has 1 aromatic carbocycles. The van der Waals surface area contributed by atoms with Gasteiger partial charge in [-0.25, -0.2) is 0 Å². The lowest BCUT2D eigenvalue weighted by molar-refractivity contribution is -0.136. The first-order valence-electron chi connectivity index (χ1n) is 5.04. The molecule has 1 heterocycles. The summed E-state index contributed by atoms with van der Waals surface area (Å²) in [5, 5.41) is 12.4. The molecule has 2 rings (SSSR count). The first-order chi connectivity index (χ1) is 7.66. The van der Waals surface area contributed by atoms with Gasteiger partial charge in [-0.1, -0.05) is 11.6 Å². The Balaban J connectivity index is 2.18. The van der Waals surface area contributed by atoms with Crippen LogP contribution in [0.4, 0.5) is 0 Å². The zero-order valence-corrected chi connectivity index (χ0v) is 10.1. The number of carboxylic acids is 1. The lowest BCUT2D eigenvalue weighted by Gasteiger charge is -2.25. The van der Waals surface area contributed by atoms with Crippen molar-refractivity contribution in [2.45, 2.75) is 17.4 Å². The number of fused-ring (bicyclic) bond motifs is 1. The molecule has 1 aliphatic rings. The molecular formula is C11H12ClNO2S. The van der Waals surface area contributed by atoms with Crippen molar-refractivity contribution in [3.63, 3.8) is 0 Å². The molecule has 0 fully saturated rings. The summed E-state index contributed by atoms with van der Waals surface area (Å²) in [5.41, 5.74) is 1.12. The third-order valence-corrected chi connectivity index (χ3v) is 3.87. The minimum Gasteiger partial charge on any atom is -0.480 e. The molecule has 86 valence electrons. The highest BCUT2D eigenvalue weighted by atomic mass is 35.5. The number of thioether (sulfide) groups is 1. The molecule has 0 aliphatic carbocycles. The second-order valence-corrected chi connectivity index (χ2v) is 5.22. The van der Waals surface area contributed by atoms with Crippen LogP contribution in [0.3, 0.4) is 0 Å².